The number of anilines is 1. The van der Waals surface area contributed by atoms with Crippen molar-refractivity contribution in [3.05, 3.63) is 59.7 Å². The fourth-order valence-corrected chi connectivity index (χ4v) is 1.65. The molecule has 0 atom stereocenters. The number of aliphatic carboxylic acids is 1. The molecule has 0 unspecified atom stereocenters. The number of hydrogen-bond acceptors (Lipinski definition) is 4. The van der Waals surface area contributed by atoms with Gasteiger partial charge in [-0.3, -0.25) is 4.79 Å². The summed E-state index contributed by atoms with van der Waals surface area (Å²) in [5.74, 6) is -0.775. The van der Waals surface area contributed by atoms with Gasteiger partial charge >= 0.3 is 5.97 Å². The monoisotopic (exact) mass is 271 g/mol. The Kier molecular flexibility index (Phi) is 4.00. The van der Waals surface area contributed by atoms with Gasteiger partial charge in [0, 0.05) is 16.8 Å². The molecule has 0 saturated carbocycles. The van der Waals surface area contributed by atoms with Gasteiger partial charge in [0.25, 0.3) is 0 Å². The normalized spacial score (nSPS) is 10.0. The Morgan fingerprint density at radius 1 is 0.950 bits per heavy atom. The topological polar surface area (TPSA) is 89.6 Å². The van der Waals surface area contributed by atoms with Crippen molar-refractivity contribution in [2.75, 3.05) is 12.3 Å². The summed E-state index contributed by atoms with van der Waals surface area (Å²) in [6.45, 7) is -0.411. The molecule has 0 aliphatic heterocycles. The van der Waals surface area contributed by atoms with Gasteiger partial charge < -0.3 is 15.6 Å². The van der Waals surface area contributed by atoms with Crippen molar-refractivity contribution in [1.29, 1.82) is 0 Å². The van der Waals surface area contributed by atoms with Gasteiger partial charge in [-0.1, -0.05) is 0 Å². The first-order valence-corrected chi connectivity index (χ1v) is 5.91. The molecule has 0 aromatic heterocycles. The van der Waals surface area contributed by atoms with Crippen LogP contribution >= 0.6 is 0 Å². The largest absolute Gasteiger partial charge is 0.482 e. The van der Waals surface area contributed by atoms with E-state index >= 15 is 0 Å². The lowest BCUT2D eigenvalue weighted by atomic mass is 10.0. The lowest BCUT2D eigenvalue weighted by Gasteiger charge is -2.05. The van der Waals surface area contributed by atoms with Crippen molar-refractivity contribution in [3.63, 3.8) is 0 Å². The van der Waals surface area contributed by atoms with Gasteiger partial charge in [0.2, 0.25) is 0 Å². The van der Waals surface area contributed by atoms with Crippen LogP contribution < -0.4 is 10.5 Å². The SMILES string of the molecule is Nc1ccc(C(=O)c2ccc(OCC(=O)O)cc2)cc1. The van der Waals surface area contributed by atoms with E-state index in [2.05, 4.69) is 0 Å². The van der Waals surface area contributed by atoms with Crippen molar-refractivity contribution in [2.24, 2.45) is 0 Å². The van der Waals surface area contributed by atoms with Crippen LogP contribution in [0.3, 0.4) is 0 Å². The number of carbonyl (C=O) groups is 2. The fraction of sp³-hybridized carbons (Fsp3) is 0.0667. The summed E-state index contributed by atoms with van der Waals surface area (Å²) in [6, 6.07) is 13.0. The summed E-state index contributed by atoms with van der Waals surface area (Å²) in [4.78, 5) is 22.5. The molecule has 20 heavy (non-hydrogen) atoms. The zero-order valence-corrected chi connectivity index (χ0v) is 10.6. The van der Waals surface area contributed by atoms with Gasteiger partial charge in [-0.15, -0.1) is 0 Å². The Morgan fingerprint density at radius 2 is 1.45 bits per heavy atom. The van der Waals surface area contributed by atoms with Crippen LogP contribution in [0.4, 0.5) is 5.69 Å². The number of benzene rings is 2. The van der Waals surface area contributed by atoms with Gasteiger partial charge in [-0.05, 0) is 48.5 Å². The van der Waals surface area contributed by atoms with Crippen LogP contribution in [-0.2, 0) is 4.79 Å². The third-order valence-corrected chi connectivity index (χ3v) is 2.65. The Hall–Kier alpha value is -2.82. The summed E-state index contributed by atoms with van der Waals surface area (Å²) in [7, 11) is 0. The molecule has 2 aromatic rings. The number of nitrogens with two attached hydrogens (primary N) is 1. The number of carboxylic acids is 1. The molecule has 0 spiro atoms. The van der Waals surface area contributed by atoms with Crippen LogP contribution in [0.1, 0.15) is 15.9 Å². The molecule has 0 saturated heterocycles. The van der Waals surface area contributed by atoms with E-state index in [0.29, 0.717) is 22.6 Å². The molecule has 0 aliphatic rings. The average Bonchev–Trinajstić information content (AvgIpc) is 2.46. The molecule has 5 heteroatoms. The molecular weight excluding hydrogens is 258 g/mol. The molecule has 2 aromatic carbocycles. The molecule has 2 rings (SSSR count). The van der Waals surface area contributed by atoms with Crippen molar-refractivity contribution in [3.8, 4) is 5.75 Å². The second-order valence-corrected chi connectivity index (χ2v) is 4.16. The maximum Gasteiger partial charge on any atom is 0.341 e. The molecule has 0 heterocycles. The highest BCUT2D eigenvalue weighted by Crippen LogP contribution is 2.16. The number of carbonyl (C=O) groups excluding carboxylic acids is 1. The van der Waals surface area contributed by atoms with Crippen LogP contribution in [0.15, 0.2) is 48.5 Å². The van der Waals surface area contributed by atoms with Crippen molar-refractivity contribution in [2.45, 2.75) is 0 Å². The van der Waals surface area contributed by atoms with Gasteiger partial charge in [-0.25, -0.2) is 4.79 Å². The molecule has 0 amide bonds. The third-order valence-electron chi connectivity index (χ3n) is 2.65. The second-order valence-electron chi connectivity index (χ2n) is 4.16. The zero-order chi connectivity index (χ0) is 14.5. The number of rotatable bonds is 5. The van der Waals surface area contributed by atoms with Crippen molar-refractivity contribution >= 4 is 17.4 Å². The van der Waals surface area contributed by atoms with E-state index in [4.69, 9.17) is 15.6 Å². The van der Waals surface area contributed by atoms with Crippen LogP contribution in [-0.4, -0.2) is 23.5 Å². The number of carboxylic acid groups (broad SMARTS) is 1. The molecule has 0 radical (unpaired) electrons. The predicted molar refractivity (Wildman–Crippen MR) is 73.9 cm³/mol. The number of nitrogen functional groups attached to an aromatic ring is 1. The van der Waals surface area contributed by atoms with Gasteiger partial charge in [-0.2, -0.15) is 0 Å². The first-order chi connectivity index (χ1) is 9.56. The highest BCUT2D eigenvalue weighted by Gasteiger charge is 2.09. The average molecular weight is 271 g/mol. The molecule has 3 N–H and O–H groups in total. The first-order valence-electron chi connectivity index (χ1n) is 5.91. The lowest BCUT2D eigenvalue weighted by molar-refractivity contribution is -0.139. The highest BCUT2D eigenvalue weighted by molar-refractivity contribution is 6.09. The summed E-state index contributed by atoms with van der Waals surface area (Å²) in [6.07, 6.45) is 0. The van der Waals surface area contributed by atoms with Gasteiger partial charge in [0.1, 0.15) is 5.75 Å². The van der Waals surface area contributed by atoms with E-state index in [1.807, 2.05) is 0 Å². The molecule has 5 nitrogen and oxygen atoms in total. The summed E-state index contributed by atoms with van der Waals surface area (Å²) in [5.41, 5.74) is 7.20. The minimum Gasteiger partial charge on any atom is -0.482 e. The maximum atomic E-state index is 12.2. The lowest BCUT2D eigenvalue weighted by Crippen LogP contribution is -2.09. The highest BCUT2D eigenvalue weighted by atomic mass is 16.5. The Bertz CT molecular complexity index is 617. The quantitative estimate of drug-likeness (QED) is 0.641. The van der Waals surface area contributed by atoms with Crippen molar-refractivity contribution in [1.82, 2.24) is 0 Å². The van der Waals surface area contributed by atoms with Crippen LogP contribution in [0.25, 0.3) is 0 Å². The second kappa shape index (κ2) is 5.88. The van der Waals surface area contributed by atoms with E-state index < -0.39 is 12.6 Å². The Labute approximate surface area is 115 Å². The number of hydrogen-bond donors (Lipinski definition) is 2. The van der Waals surface area contributed by atoms with Gasteiger partial charge in [0.05, 0.1) is 0 Å². The fourth-order valence-electron chi connectivity index (χ4n) is 1.65. The number of ketones is 1. The molecule has 0 fully saturated rings. The van der Waals surface area contributed by atoms with E-state index in [0.717, 1.165) is 0 Å². The van der Waals surface area contributed by atoms with Crippen molar-refractivity contribution < 1.29 is 19.4 Å². The molecule has 0 aliphatic carbocycles. The smallest absolute Gasteiger partial charge is 0.341 e. The Balaban J connectivity index is 2.11. The van der Waals surface area contributed by atoms with E-state index in [1.165, 1.54) is 0 Å². The first kappa shape index (κ1) is 13.6. The zero-order valence-electron chi connectivity index (χ0n) is 10.6. The molecule has 0 bridgehead atoms. The summed E-state index contributed by atoms with van der Waals surface area (Å²) < 4.78 is 5.00. The van der Waals surface area contributed by atoms with E-state index in [9.17, 15) is 9.59 Å². The van der Waals surface area contributed by atoms with Crippen LogP contribution in [0.2, 0.25) is 0 Å². The molecule has 102 valence electrons. The maximum absolute atomic E-state index is 12.2. The standard InChI is InChI=1S/C15H13NO4/c16-12-5-1-10(2-6-12)15(19)11-3-7-13(8-4-11)20-9-14(17)18/h1-8H,9,16H2,(H,17,18). The van der Waals surface area contributed by atoms with E-state index in [-0.39, 0.29) is 5.78 Å². The summed E-state index contributed by atoms with van der Waals surface area (Å²) in [5, 5.41) is 8.50. The van der Waals surface area contributed by atoms with Gasteiger partial charge in [0.15, 0.2) is 12.4 Å². The van der Waals surface area contributed by atoms with E-state index in [1.54, 1.807) is 48.5 Å². The summed E-state index contributed by atoms with van der Waals surface area (Å²) >= 11 is 0. The minimum absolute atomic E-state index is 0.130. The third kappa shape index (κ3) is 3.35. The minimum atomic E-state index is -1.05. The molecular formula is C15H13NO4. The van der Waals surface area contributed by atoms with Crippen LogP contribution in [0.5, 0.6) is 5.75 Å². The predicted octanol–water partition coefficient (Wildman–Crippen LogP) is 1.96. The van der Waals surface area contributed by atoms with Crippen LogP contribution in [0, 0.1) is 0 Å². The number of ether oxygens (including phenoxy) is 1. The Morgan fingerprint density at radius 3 is 1.95 bits per heavy atom.